The number of nitrogens with zero attached hydrogens (tertiary/aromatic N) is 3. The molecule has 0 bridgehead atoms. The average molecular weight is 310 g/mol. The Kier molecular flexibility index (Phi) is 4.34. The van der Waals surface area contributed by atoms with Crippen molar-refractivity contribution in [3.8, 4) is 0 Å². The van der Waals surface area contributed by atoms with Crippen molar-refractivity contribution in [2.24, 2.45) is 0 Å². The predicted octanol–water partition coefficient (Wildman–Crippen LogP) is 0.402. The number of aliphatic carboxylic acids is 1. The zero-order valence-corrected chi connectivity index (χ0v) is 12.0. The van der Waals surface area contributed by atoms with Crippen LogP contribution in [0, 0.1) is 0 Å². The molecule has 0 radical (unpaired) electrons. The van der Waals surface area contributed by atoms with Crippen molar-refractivity contribution in [3.05, 3.63) is 42.5 Å². The summed E-state index contributed by atoms with van der Waals surface area (Å²) in [6.07, 6.45) is 5.45. The van der Waals surface area contributed by atoms with Gasteiger partial charge in [0.05, 0.1) is 6.20 Å². The number of rotatable bonds is 6. The lowest BCUT2D eigenvalue weighted by Crippen LogP contribution is -2.26. The summed E-state index contributed by atoms with van der Waals surface area (Å²) in [6.45, 7) is 1.30. The molecule has 0 spiro atoms. The first kappa shape index (κ1) is 15.1. The summed E-state index contributed by atoms with van der Waals surface area (Å²) in [7, 11) is -3.78. The monoisotopic (exact) mass is 310 g/mol. The van der Waals surface area contributed by atoms with Crippen molar-refractivity contribution in [1.29, 1.82) is 0 Å². The van der Waals surface area contributed by atoms with Gasteiger partial charge >= 0.3 is 5.97 Å². The van der Waals surface area contributed by atoms with Crippen LogP contribution in [0.25, 0.3) is 0 Å². The number of pyridine rings is 1. The number of carboxylic acids is 1. The molecule has 0 amide bonds. The Hall–Kier alpha value is -2.26. The van der Waals surface area contributed by atoms with Crippen molar-refractivity contribution < 1.29 is 18.3 Å². The van der Waals surface area contributed by atoms with E-state index in [2.05, 4.69) is 14.8 Å². The lowest BCUT2D eigenvalue weighted by Gasteiger charge is -2.13. The molecule has 0 aliphatic carbocycles. The van der Waals surface area contributed by atoms with E-state index in [1.54, 1.807) is 31.5 Å². The van der Waals surface area contributed by atoms with Gasteiger partial charge < -0.3 is 5.11 Å². The largest absolute Gasteiger partial charge is 0.480 e. The van der Waals surface area contributed by atoms with Gasteiger partial charge in [-0.1, -0.05) is 6.07 Å². The van der Waals surface area contributed by atoms with Gasteiger partial charge in [-0.3, -0.25) is 14.5 Å². The molecule has 0 fully saturated rings. The number of carbonyl (C=O) groups is 1. The van der Waals surface area contributed by atoms with E-state index in [1.807, 2.05) is 0 Å². The smallest absolute Gasteiger partial charge is 0.325 e. The van der Waals surface area contributed by atoms with Crippen LogP contribution >= 0.6 is 0 Å². The standard InChI is InChI=1S/C12H14N4O4S/c1-9(10-3-2-4-13-5-10)15-21(19,20)11-6-14-16(7-11)8-12(17)18/h2-7,9,15H,8H2,1H3,(H,17,18)/t9-/m1/s1. The van der Waals surface area contributed by atoms with Crippen LogP contribution in [0.1, 0.15) is 18.5 Å². The van der Waals surface area contributed by atoms with Crippen molar-refractivity contribution in [1.82, 2.24) is 19.5 Å². The second-order valence-corrected chi connectivity index (χ2v) is 6.11. The minimum atomic E-state index is -3.78. The molecule has 0 aliphatic heterocycles. The van der Waals surface area contributed by atoms with Gasteiger partial charge in [-0.05, 0) is 18.6 Å². The molecule has 2 rings (SSSR count). The Balaban J connectivity index is 2.15. The Morgan fingerprint density at radius 1 is 1.48 bits per heavy atom. The summed E-state index contributed by atoms with van der Waals surface area (Å²) in [5, 5.41) is 12.3. The van der Waals surface area contributed by atoms with Crippen molar-refractivity contribution in [2.75, 3.05) is 0 Å². The normalized spacial score (nSPS) is 13.0. The van der Waals surface area contributed by atoms with E-state index < -0.39 is 28.6 Å². The summed E-state index contributed by atoms with van der Waals surface area (Å²) in [4.78, 5) is 14.4. The zero-order valence-electron chi connectivity index (χ0n) is 11.2. The number of hydrogen-bond donors (Lipinski definition) is 2. The Bertz CT molecular complexity index is 727. The molecule has 2 aromatic heterocycles. The fraction of sp³-hybridized carbons (Fsp3) is 0.250. The zero-order chi connectivity index (χ0) is 15.5. The van der Waals surface area contributed by atoms with Gasteiger partial charge in [0.1, 0.15) is 11.4 Å². The van der Waals surface area contributed by atoms with E-state index in [9.17, 15) is 13.2 Å². The lowest BCUT2D eigenvalue weighted by molar-refractivity contribution is -0.137. The van der Waals surface area contributed by atoms with Crippen LogP contribution < -0.4 is 4.72 Å². The molecule has 0 saturated carbocycles. The SMILES string of the molecule is C[C@@H](NS(=O)(=O)c1cnn(CC(=O)O)c1)c1cccnc1. The maximum atomic E-state index is 12.2. The van der Waals surface area contributed by atoms with Crippen LogP contribution in [0.3, 0.4) is 0 Å². The van der Waals surface area contributed by atoms with Crippen molar-refractivity contribution >= 4 is 16.0 Å². The average Bonchev–Trinajstić information content (AvgIpc) is 2.88. The topological polar surface area (TPSA) is 114 Å². The fourth-order valence-electron chi connectivity index (χ4n) is 1.71. The highest BCUT2D eigenvalue weighted by atomic mass is 32.2. The Morgan fingerprint density at radius 3 is 2.86 bits per heavy atom. The van der Waals surface area contributed by atoms with Crippen LogP contribution in [-0.4, -0.2) is 34.3 Å². The molecule has 9 heteroatoms. The fourth-order valence-corrected chi connectivity index (χ4v) is 2.89. The molecule has 21 heavy (non-hydrogen) atoms. The van der Waals surface area contributed by atoms with Crippen LogP contribution in [0.2, 0.25) is 0 Å². The highest BCUT2D eigenvalue weighted by molar-refractivity contribution is 7.89. The van der Waals surface area contributed by atoms with Gasteiger partial charge in [-0.2, -0.15) is 5.10 Å². The second kappa shape index (κ2) is 6.02. The minimum absolute atomic E-state index is 0.0838. The maximum Gasteiger partial charge on any atom is 0.325 e. The first-order valence-electron chi connectivity index (χ1n) is 6.05. The third kappa shape index (κ3) is 3.86. The molecule has 8 nitrogen and oxygen atoms in total. The highest BCUT2D eigenvalue weighted by Crippen LogP contribution is 2.15. The number of hydrogen-bond acceptors (Lipinski definition) is 5. The summed E-state index contributed by atoms with van der Waals surface area (Å²) in [5.41, 5.74) is 0.721. The van der Waals surface area contributed by atoms with Gasteiger partial charge in [0.25, 0.3) is 0 Å². The third-order valence-corrected chi connectivity index (χ3v) is 4.23. The van der Waals surface area contributed by atoms with Crippen molar-refractivity contribution in [2.45, 2.75) is 24.4 Å². The molecule has 2 heterocycles. The van der Waals surface area contributed by atoms with E-state index >= 15 is 0 Å². The van der Waals surface area contributed by atoms with E-state index in [0.717, 1.165) is 16.4 Å². The molecular weight excluding hydrogens is 296 g/mol. The first-order chi connectivity index (χ1) is 9.88. The van der Waals surface area contributed by atoms with Crippen LogP contribution in [0.15, 0.2) is 41.8 Å². The summed E-state index contributed by atoms with van der Waals surface area (Å²) in [5.74, 6) is -1.10. The minimum Gasteiger partial charge on any atom is -0.480 e. The van der Waals surface area contributed by atoms with E-state index in [4.69, 9.17) is 5.11 Å². The van der Waals surface area contributed by atoms with E-state index in [0.29, 0.717) is 0 Å². The molecule has 2 N–H and O–H groups in total. The van der Waals surface area contributed by atoms with Gasteiger partial charge in [0.2, 0.25) is 10.0 Å². The molecule has 0 saturated heterocycles. The Morgan fingerprint density at radius 2 is 2.24 bits per heavy atom. The van der Waals surface area contributed by atoms with E-state index in [1.165, 1.54) is 6.20 Å². The van der Waals surface area contributed by atoms with Gasteiger partial charge in [-0.25, -0.2) is 13.1 Å². The number of carboxylic acid groups (broad SMARTS) is 1. The number of nitrogens with one attached hydrogen (secondary N) is 1. The quantitative estimate of drug-likeness (QED) is 0.798. The lowest BCUT2D eigenvalue weighted by atomic mass is 10.2. The molecule has 2 aromatic rings. The summed E-state index contributed by atoms with van der Waals surface area (Å²) >= 11 is 0. The van der Waals surface area contributed by atoms with Gasteiger partial charge in [-0.15, -0.1) is 0 Å². The summed E-state index contributed by atoms with van der Waals surface area (Å²) < 4.78 is 27.9. The van der Waals surface area contributed by atoms with Crippen LogP contribution in [-0.2, 0) is 21.4 Å². The molecular formula is C12H14N4O4S. The predicted molar refractivity (Wildman–Crippen MR) is 72.8 cm³/mol. The van der Waals surface area contributed by atoms with Gasteiger partial charge in [0.15, 0.2) is 0 Å². The molecule has 0 unspecified atom stereocenters. The molecule has 0 aliphatic rings. The molecule has 0 aromatic carbocycles. The summed E-state index contributed by atoms with van der Waals surface area (Å²) in [6, 6.07) is 3.01. The first-order valence-corrected chi connectivity index (χ1v) is 7.53. The van der Waals surface area contributed by atoms with Gasteiger partial charge in [0, 0.05) is 24.6 Å². The third-order valence-electron chi connectivity index (χ3n) is 2.73. The molecule has 1 atom stereocenters. The van der Waals surface area contributed by atoms with Crippen molar-refractivity contribution in [3.63, 3.8) is 0 Å². The maximum absolute atomic E-state index is 12.2. The highest BCUT2D eigenvalue weighted by Gasteiger charge is 2.20. The van der Waals surface area contributed by atoms with Crippen LogP contribution in [0.5, 0.6) is 0 Å². The van der Waals surface area contributed by atoms with Crippen LogP contribution in [0.4, 0.5) is 0 Å². The number of sulfonamides is 1. The Labute approximate surface area is 121 Å². The number of aromatic nitrogens is 3. The van der Waals surface area contributed by atoms with E-state index in [-0.39, 0.29) is 4.90 Å². The second-order valence-electron chi connectivity index (χ2n) is 4.40. The molecule has 112 valence electrons.